The van der Waals surface area contributed by atoms with Gasteiger partial charge in [-0.25, -0.2) is 0 Å². The molecule has 6 heteroatoms. The molecule has 28 heavy (non-hydrogen) atoms. The highest BCUT2D eigenvalue weighted by atomic mass is 35.5. The van der Waals surface area contributed by atoms with Crippen LogP contribution in [0.3, 0.4) is 0 Å². The van der Waals surface area contributed by atoms with Crippen LogP contribution in [-0.4, -0.2) is 35.4 Å². The summed E-state index contributed by atoms with van der Waals surface area (Å²) in [4.78, 5) is 26.9. The van der Waals surface area contributed by atoms with Crippen LogP contribution in [0, 0.1) is 6.92 Å². The van der Waals surface area contributed by atoms with Crippen molar-refractivity contribution in [2.24, 2.45) is 0 Å². The van der Waals surface area contributed by atoms with Gasteiger partial charge >= 0.3 is 0 Å². The van der Waals surface area contributed by atoms with E-state index in [0.29, 0.717) is 17.3 Å². The first-order valence-electron chi connectivity index (χ1n) is 9.30. The topological polar surface area (TPSA) is 58.6 Å². The lowest BCUT2D eigenvalue weighted by atomic mass is 10.1. The Labute approximate surface area is 171 Å². The van der Waals surface area contributed by atoms with Crippen molar-refractivity contribution in [3.05, 3.63) is 64.7 Å². The van der Waals surface area contributed by atoms with Crippen molar-refractivity contribution in [1.82, 2.24) is 10.2 Å². The molecule has 0 bridgehead atoms. The summed E-state index contributed by atoms with van der Waals surface area (Å²) in [7, 11) is 0. The first kappa shape index (κ1) is 21.8. The molecule has 0 aliphatic carbocycles. The van der Waals surface area contributed by atoms with E-state index in [4.69, 9.17) is 16.3 Å². The molecule has 0 aliphatic heterocycles. The average Bonchev–Trinajstić information content (AvgIpc) is 2.64. The maximum atomic E-state index is 12.9. The smallest absolute Gasteiger partial charge is 0.261 e. The van der Waals surface area contributed by atoms with Crippen molar-refractivity contribution in [2.75, 3.05) is 6.61 Å². The molecular formula is C22H27ClN2O3. The number of ether oxygens (including phenoxy) is 1. The van der Waals surface area contributed by atoms with Gasteiger partial charge in [0.2, 0.25) is 5.91 Å². The maximum absolute atomic E-state index is 12.9. The Hall–Kier alpha value is -2.53. The number of carbonyl (C=O) groups is 2. The van der Waals surface area contributed by atoms with E-state index in [9.17, 15) is 9.59 Å². The Bertz CT molecular complexity index is 806. The van der Waals surface area contributed by atoms with E-state index in [1.165, 1.54) is 4.90 Å². The number of aryl methyl sites for hydroxylation is 1. The molecule has 2 amide bonds. The highest BCUT2D eigenvalue weighted by Crippen LogP contribution is 2.16. The second-order valence-electron chi connectivity index (χ2n) is 7.09. The van der Waals surface area contributed by atoms with Crippen molar-refractivity contribution in [1.29, 1.82) is 0 Å². The van der Waals surface area contributed by atoms with Crippen LogP contribution >= 0.6 is 11.6 Å². The minimum atomic E-state index is -0.633. The van der Waals surface area contributed by atoms with Crippen LogP contribution in [0.1, 0.15) is 31.9 Å². The van der Waals surface area contributed by atoms with E-state index in [1.807, 2.05) is 51.1 Å². The maximum Gasteiger partial charge on any atom is 0.261 e. The van der Waals surface area contributed by atoms with E-state index >= 15 is 0 Å². The molecule has 1 atom stereocenters. The fourth-order valence-corrected chi connectivity index (χ4v) is 2.83. The van der Waals surface area contributed by atoms with Gasteiger partial charge in [0.1, 0.15) is 11.8 Å². The van der Waals surface area contributed by atoms with Crippen molar-refractivity contribution in [3.8, 4) is 5.75 Å². The number of carbonyl (C=O) groups excluding carboxylic acids is 2. The number of benzene rings is 2. The standard InChI is InChI=1S/C22H27ClN2O3/c1-15(2)24-22(27)17(4)25(13-18-8-10-19(23)11-9-18)21(26)14-28-20-7-5-6-16(3)12-20/h5-12,15,17H,13-14H2,1-4H3,(H,24,27). The summed E-state index contributed by atoms with van der Waals surface area (Å²) in [5, 5.41) is 3.48. The van der Waals surface area contributed by atoms with Crippen molar-refractivity contribution in [3.63, 3.8) is 0 Å². The Morgan fingerprint density at radius 1 is 1.11 bits per heavy atom. The van der Waals surface area contributed by atoms with E-state index in [0.717, 1.165) is 11.1 Å². The lowest BCUT2D eigenvalue weighted by molar-refractivity contribution is -0.142. The largest absolute Gasteiger partial charge is 0.484 e. The number of amides is 2. The fraction of sp³-hybridized carbons (Fsp3) is 0.364. The predicted molar refractivity (Wildman–Crippen MR) is 111 cm³/mol. The fourth-order valence-electron chi connectivity index (χ4n) is 2.71. The van der Waals surface area contributed by atoms with Gasteiger partial charge in [0.25, 0.3) is 5.91 Å². The highest BCUT2D eigenvalue weighted by Gasteiger charge is 2.26. The predicted octanol–water partition coefficient (Wildman–Crippen LogP) is 3.97. The van der Waals surface area contributed by atoms with Gasteiger partial charge in [-0.15, -0.1) is 0 Å². The second-order valence-corrected chi connectivity index (χ2v) is 7.53. The molecule has 2 aromatic rings. The van der Waals surface area contributed by atoms with Crippen LogP contribution in [0.5, 0.6) is 5.75 Å². The van der Waals surface area contributed by atoms with Gasteiger partial charge in [-0.2, -0.15) is 0 Å². The van der Waals surface area contributed by atoms with E-state index in [1.54, 1.807) is 25.1 Å². The quantitative estimate of drug-likeness (QED) is 0.726. The lowest BCUT2D eigenvalue weighted by Crippen LogP contribution is -2.50. The van der Waals surface area contributed by atoms with Crippen LogP contribution in [0.4, 0.5) is 0 Å². The lowest BCUT2D eigenvalue weighted by Gasteiger charge is -2.29. The number of hydrogen-bond acceptors (Lipinski definition) is 3. The summed E-state index contributed by atoms with van der Waals surface area (Å²) in [5.41, 5.74) is 1.94. The third-order valence-corrected chi connectivity index (χ3v) is 4.47. The molecule has 0 radical (unpaired) electrons. The van der Waals surface area contributed by atoms with Crippen molar-refractivity contribution in [2.45, 2.75) is 46.3 Å². The molecule has 0 aliphatic rings. The first-order valence-corrected chi connectivity index (χ1v) is 9.68. The molecule has 1 N–H and O–H groups in total. The van der Waals surface area contributed by atoms with Crippen molar-refractivity contribution < 1.29 is 14.3 Å². The molecule has 5 nitrogen and oxygen atoms in total. The molecule has 1 unspecified atom stereocenters. The molecule has 2 aromatic carbocycles. The third kappa shape index (κ3) is 6.57. The minimum Gasteiger partial charge on any atom is -0.484 e. The van der Waals surface area contributed by atoms with Crippen LogP contribution in [-0.2, 0) is 16.1 Å². The molecule has 0 fully saturated rings. The zero-order chi connectivity index (χ0) is 20.7. The van der Waals surface area contributed by atoms with Gasteiger partial charge in [-0.1, -0.05) is 35.9 Å². The van der Waals surface area contributed by atoms with Gasteiger partial charge < -0.3 is 15.0 Å². The summed E-state index contributed by atoms with van der Waals surface area (Å²) in [6, 6.07) is 14.1. The molecule has 2 rings (SSSR count). The Morgan fingerprint density at radius 3 is 2.39 bits per heavy atom. The Morgan fingerprint density at radius 2 is 1.79 bits per heavy atom. The molecule has 0 heterocycles. The summed E-state index contributed by atoms with van der Waals surface area (Å²) >= 11 is 5.95. The van der Waals surface area contributed by atoms with Crippen LogP contribution < -0.4 is 10.1 Å². The van der Waals surface area contributed by atoms with Gasteiger partial charge in [0.15, 0.2) is 6.61 Å². The minimum absolute atomic E-state index is 0.00835. The number of hydrogen-bond donors (Lipinski definition) is 1. The van der Waals surface area contributed by atoms with E-state index in [-0.39, 0.29) is 24.5 Å². The summed E-state index contributed by atoms with van der Waals surface area (Å²) < 4.78 is 5.65. The Kier molecular flexibility index (Phi) is 7.88. The first-order chi connectivity index (χ1) is 13.3. The molecule has 0 aromatic heterocycles. The summed E-state index contributed by atoms with van der Waals surface area (Å²) in [5.74, 6) is 0.162. The van der Waals surface area contributed by atoms with Crippen LogP contribution in [0.15, 0.2) is 48.5 Å². The molecular weight excluding hydrogens is 376 g/mol. The third-order valence-electron chi connectivity index (χ3n) is 4.22. The zero-order valence-corrected chi connectivity index (χ0v) is 17.5. The number of rotatable bonds is 8. The SMILES string of the molecule is Cc1cccc(OCC(=O)N(Cc2ccc(Cl)cc2)C(C)C(=O)NC(C)C)c1. The van der Waals surface area contributed by atoms with Gasteiger partial charge in [0, 0.05) is 17.6 Å². The van der Waals surface area contributed by atoms with Crippen molar-refractivity contribution >= 4 is 23.4 Å². The summed E-state index contributed by atoms with van der Waals surface area (Å²) in [6.45, 7) is 7.60. The monoisotopic (exact) mass is 402 g/mol. The van der Waals surface area contributed by atoms with Crippen LogP contribution in [0.25, 0.3) is 0 Å². The van der Waals surface area contributed by atoms with E-state index in [2.05, 4.69) is 5.32 Å². The normalized spacial score (nSPS) is 11.8. The number of nitrogens with zero attached hydrogens (tertiary/aromatic N) is 1. The second kappa shape index (κ2) is 10.1. The van der Waals surface area contributed by atoms with E-state index < -0.39 is 6.04 Å². The van der Waals surface area contributed by atoms with Gasteiger partial charge in [-0.3, -0.25) is 9.59 Å². The Balaban J connectivity index is 2.14. The van der Waals surface area contributed by atoms with Gasteiger partial charge in [-0.05, 0) is 63.1 Å². The average molecular weight is 403 g/mol. The van der Waals surface area contributed by atoms with Crippen LogP contribution in [0.2, 0.25) is 5.02 Å². The van der Waals surface area contributed by atoms with Gasteiger partial charge in [0.05, 0.1) is 0 Å². The molecule has 0 saturated carbocycles. The number of halogens is 1. The highest BCUT2D eigenvalue weighted by molar-refractivity contribution is 6.30. The molecule has 0 spiro atoms. The molecule has 0 saturated heterocycles. The zero-order valence-electron chi connectivity index (χ0n) is 16.7. The molecule has 150 valence electrons. The summed E-state index contributed by atoms with van der Waals surface area (Å²) in [6.07, 6.45) is 0. The number of nitrogens with one attached hydrogen (secondary N) is 1.